The van der Waals surface area contributed by atoms with Gasteiger partial charge in [-0.1, -0.05) is 56.0 Å². The Bertz CT molecular complexity index is 317. The molecule has 1 nitrogen and oxygen atoms in total. The molecule has 18 heavy (non-hydrogen) atoms. The first-order chi connectivity index (χ1) is 8.90. The van der Waals surface area contributed by atoms with Gasteiger partial charge in [0.25, 0.3) is 0 Å². The Morgan fingerprint density at radius 3 is 2.33 bits per heavy atom. The average molecular weight is 264 g/mol. The van der Waals surface area contributed by atoms with Crippen LogP contribution in [0.15, 0.2) is 30.3 Å². The van der Waals surface area contributed by atoms with Crippen LogP contribution in [0, 0.1) is 0 Å². The van der Waals surface area contributed by atoms with Gasteiger partial charge in [0, 0.05) is 5.92 Å². The van der Waals surface area contributed by atoms with Gasteiger partial charge in [-0.3, -0.25) is 0 Å². The Labute approximate surface area is 116 Å². The number of ether oxygens (including phenoxy) is 1. The van der Waals surface area contributed by atoms with Crippen LogP contribution in [-0.2, 0) is 4.74 Å². The molecule has 1 aromatic rings. The first-order valence-corrected chi connectivity index (χ1v) is 7.81. The van der Waals surface area contributed by atoms with Crippen LogP contribution < -0.4 is 0 Å². The molecule has 0 saturated heterocycles. The molecule has 1 fully saturated rings. The van der Waals surface area contributed by atoms with Crippen LogP contribution in [0.4, 0.5) is 0 Å². The van der Waals surface area contributed by atoms with Crippen molar-refractivity contribution in [3.63, 3.8) is 0 Å². The van der Waals surface area contributed by atoms with E-state index in [1.54, 1.807) is 0 Å². The van der Waals surface area contributed by atoms with Crippen molar-refractivity contribution in [3.8, 4) is 0 Å². The van der Waals surface area contributed by atoms with Crippen molar-refractivity contribution in [3.05, 3.63) is 35.9 Å². The Hall–Kier alpha value is -0.470. The molecule has 0 heterocycles. The summed E-state index contributed by atoms with van der Waals surface area (Å²) in [6.45, 7) is 0.818. The molecular formula is C16H24OS. The van der Waals surface area contributed by atoms with E-state index in [1.165, 1.54) is 44.1 Å². The monoisotopic (exact) mass is 264 g/mol. The maximum atomic E-state index is 6.12. The molecule has 0 aromatic heterocycles. The van der Waals surface area contributed by atoms with Crippen LogP contribution in [0.25, 0.3) is 0 Å². The highest BCUT2D eigenvalue weighted by atomic mass is 32.1. The molecule has 100 valence electrons. The summed E-state index contributed by atoms with van der Waals surface area (Å²) in [5.41, 5.74) is 1.35. The minimum Gasteiger partial charge on any atom is -0.378 e. The van der Waals surface area contributed by atoms with Crippen molar-refractivity contribution >= 4 is 12.6 Å². The van der Waals surface area contributed by atoms with E-state index in [2.05, 4.69) is 43.0 Å². The summed E-state index contributed by atoms with van der Waals surface area (Å²) in [5.74, 6) is 1.29. The van der Waals surface area contributed by atoms with Crippen LogP contribution in [-0.4, -0.2) is 18.5 Å². The highest BCUT2D eigenvalue weighted by Crippen LogP contribution is 2.23. The van der Waals surface area contributed by atoms with E-state index in [1.807, 2.05) is 0 Å². The predicted molar refractivity (Wildman–Crippen MR) is 80.5 cm³/mol. The van der Waals surface area contributed by atoms with Crippen molar-refractivity contribution in [2.75, 3.05) is 12.4 Å². The summed E-state index contributed by atoms with van der Waals surface area (Å²) < 4.78 is 6.12. The first kappa shape index (κ1) is 14.0. The second-order valence-corrected chi connectivity index (χ2v) is 5.60. The molecule has 1 aromatic carbocycles. The predicted octanol–water partition coefficient (Wildman–Crippen LogP) is 4.44. The minimum atomic E-state index is 0.429. The number of benzene rings is 1. The Kier molecular flexibility index (Phi) is 6.09. The molecule has 0 aliphatic heterocycles. The van der Waals surface area contributed by atoms with E-state index >= 15 is 0 Å². The van der Waals surface area contributed by atoms with E-state index in [0.717, 1.165) is 12.4 Å². The molecule has 1 saturated carbocycles. The van der Waals surface area contributed by atoms with E-state index in [-0.39, 0.29) is 0 Å². The van der Waals surface area contributed by atoms with Gasteiger partial charge < -0.3 is 4.74 Å². The van der Waals surface area contributed by atoms with Crippen LogP contribution in [0.3, 0.4) is 0 Å². The molecule has 1 aliphatic carbocycles. The van der Waals surface area contributed by atoms with E-state index in [4.69, 9.17) is 4.74 Å². The lowest BCUT2D eigenvalue weighted by Gasteiger charge is -2.20. The van der Waals surface area contributed by atoms with Crippen LogP contribution in [0.5, 0.6) is 0 Å². The highest BCUT2D eigenvalue weighted by Gasteiger charge is 2.16. The smallest absolute Gasteiger partial charge is 0.0575 e. The lowest BCUT2D eigenvalue weighted by Crippen LogP contribution is -2.18. The first-order valence-electron chi connectivity index (χ1n) is 7.17. The quantitative estimate of drug-likeness (QED) is 0.611. The van der Waals surface area contributed by atoms with Crippen molar-refractivity contribution in [1.82, 2.24) is 0 Å². The van der Waals surface area contributed by atoms with E-state index in [0.29, 0.717) is 12.0 Å². The van der Waals surface area contributed by atoms with Gasteiger partial charge in [-0.25, -0.2) is 0 Å². The van der Waals surface area contributed by atoms with E-state index in [9.17, 15) is 0 Å². The van der Waals surface area contributed by atoms with Gasteiger partial charge in [-0.2, -0.15) is 12.6 Å². The molecular weight excluding hydrogens is 240 g/mol. The Balaban J connectivity index is 1.83. The van der Waals surface area contributed by atoms with Crippen LogP contribution in [0.2, 0.25) is 0 Å². The van der Waals surface area contributed by atoms with Gasteiger partial charge in [0.1, 0.15) is 0 Å². The molecule has 0 spiro atoms. The second-order valence-electron chi connectivity index (χ2n) is 5.24. The molecule has 0 bridgehead atoms. The molecule has 1 unspecified atom stereocenters. The molecule has 0 N–H and O–H groups in total. The fourth-order valence-corrected chi connectivity index (χ4v) is 2.96. The van der Waals surface area contributed by atoms with Crippen LogP contribution in [0.1, 0.15) is 50.0 Å². The molecule has 2 rings (SSSR count). The van der Waals surface area contributed by atoms with Gasteiger partial charge in [0.05, 0.1) is 12.7 Å². The fraction of sp³-hybridized carbons (Fsp3) is 0.625. The van der Waals surface area contributed by atoms with Crippen molar-refractivity contribution < 1.29 is 4.74 Å². The number of hydrogen-bond donors (Lipinski definition) is 1. The zero-order valence-electron chi connectivity index (χ0n) is 11.1. The molecule has 0 radical (unpaired) electrons. The Morgan fingerprint density at radius 2 is 1.72 bits per heavy atom. The van der Waals surface area contributed by atoms with Gasteiger partial charge in [-0.05, 0) is 24.2 Å². The topological polar surface area (TPSA) is 9.23 Å². The molecule has 1 atom stereocenters. The van der Waals surface area contributed by atoms with Gasteiger partial charge in [0.15, 0.2) is 0 Å². The highest BCUT2D eigenvalue weighted by molar-refractivity contribution is 7.80. The summed E-state index contributed by atoms with van der Waals surface area (Å²) in [6, 6.07) is 10.6. The summed E-state index contributed by atoms with van der Waals surface area (Å²) in [5, 5.41) is 0. The third-order valence-electron chi connectivity index (χ3n) is 3.83. The third kappa shape index (κ3) is 4.33. The zero-order valence-corrected chi connectivity index (χ0v) is 11.9. The number of rotatable bonds is 5. The van der Waals surface area contributed by atoms with Gasteiger partial charge in [-0.15, -0.1) is 0 Å². The van der Waals surface area contributed by atoms with Gasteiger partial charge in [0.2, 0.25) is 0 Å². The second kappa shape index (κ2) is 7.85. The normalized spacial score (nSPS) is 19.4. The third-order valence-corrected chi connectivity index (χ3v) is 4.27. The number of hydrogen-bond acceptors (Lipinski definition) is 2. The minimum absolute atomic E-state index is 0.429. The zero-order chi connectivity index (χ0) is 12.6. The lowest BCUT2D eigenvalue weighted by molar-refractivity contribution is 0.0367. The summed E-state index contributed by atoms with van der Waals surface area (Å²) in [6.07, 6.45) is 8.41. The summed E-state index contributed by atoms with van der Waals surface area (Å²) >= 11 is 4.47. The molecule has 0 amide bonds. The Morgan fingerprint density at radius 1 is 1.06 bits per heavy atom. The van der Waals surface area contributed by atoms with E-state index < -0.39 is 0 Å². The van der Waals surface area contributed by atoms with Crippen molar-refractivity contribution in [1.29, 1.82) is 0 Å². The summed E-state index contributed by atoms with van der Waals surface area (Å²) in [4.78, 5) is 0. The maximum Gasteiger partial charge on any atom is 0.0575 e. The summed E-state index contributed by atoms with van der Waals surface area (Å²) in [7, 11) is 0. The largest absolute Gasteiger partial charge is 0.378 e. The number of thiol groups is 1. The SMILES string of the molecule is SCC(COC1CCCCCC1)c1ccccc1. The maximum absolute atomic E-state index is 6.12. The van der Waals surface area contributed by atoms with Gasteiger partial charge >= 0.3 is 0 Å². The standard InChI is InChI=1S/C16H24OS/c18-13-15(14-8-4-3-5-9-14)12-17-16-10-6-1-2-7-11-16/h3-5,8-9,15-16,18H,1-2,6-7,10-13H2. The molecule has 2 heteroatoms. The van der Waals surface area contributed by atoms with Crippen molar-refractivity contribution in [2.24, 2.45) is 0 Å². The van der Waals surface area contributed by atoms with Crippen LogP contribution >= 0.6 is 12.6 Å². The van der Waals surface area contributed by atoms with Crippen molar-refractivity contribution in [2.45, 2.75) is 50.5 Å². The fourth-order valence-electron chi connectivity index (χ4n) is 2.64. The lowest BCUT2D eigenvalue weighted by atomic mass is 10.0. The average Bonchev–Trinajstić information content (AvgIpc) is 2.69. The molecule has 1 aliphatic rings.